The van der Waals surface area contributed by atoms with Crippen LogP contribution >= 0.6 is 11.3 Å². The number of hydrogen-bond donors (Lipinski definition) is 1. The Morgan fingerprint density at radius 2 is 1.74 bits per heavy atom. The second-order valence-corrected chi connectivity index (χ2v) is 6.44. The molecule has 3 aromatic rings. The zero-order valence-corrected chi connectivity index (χ0v) is 13.6. The predicted molar refractivity (Wildman–Crippen MR) is 92.7 cm³/mol. The second-order valence-electron chi connectivity index (χ2n) is 5.37. The summed E-state index contributed by atoms with van der Waals surface area (Å²) in [7, 11) is 0. The van der Waals surface area contributed by atoms with Gasteiger partial charge in [-0.05, 0) is 18.1 Å². The van der Waals surface area contributed by atoms with Crippen LogP contribution in [0.5, 0.6) is 0 Å². The van der Waals surface area contributed by atoms with Crippen LogP contribution in [0.15, 0.2) is 54.6 Å². The lowest BCUT2D eigenvalue weighted by Crippen LogP contribution is -2.14. The lowest BCUT2D eigenvalue weighted by Gasteiger charge is -2.02. The summed E-state index contributed by atoms with van der Waals surface area (Å²) >= 11 is 1.41. The Kier molecular flexibility index (Phi) is 4.78. The molecule has 2 aromatic carbocycles. The monoisotopic (exact) mass is 323 g/mol. The number of carbonyl (C=O) groups excluding carboxylic acids is 1. The molecule has 0 atom stereocenters. The minimum Gasteiger partial charge on any atom is -0.300 e. The molecule has 0 aliphatic heterocycles. The van der Waals surface area contributed by atoms with Crippen molar-refractivity contribution in [1.82, 2.24) is 10.2 Å². The third-order valence-electron chi connectivity index (χ3n) is 3.40. The highest BCUT2D eigenvalue weighted by atomic mass is 32.1. The summed E-state index contributed by atoms with van der Waals surface area (Å²) in [6.07, 6.45) is 1.07. The maximum absolute atomic E-state index is 12.1. The second kappa shape index (κ2) is 7.15. The molecule has 0 aliphatic rings. The van der Waals surface area contributed by atoms with E-state index in [2.05, 4.69) is 27.6 Å². The molecule has 4 nitrogen and oxygen atoms in total. The van der Waals surface area contributed by atoms with Crippen molar-refractivity contribution in [3.05, 3.63) is 76.3 Å². The summed E-state index contributed by atoms with van der Waals surface area (Å²) in [6.45, 7) is 2.03. The van der Waals surface area contributed by atoms with Gasteiger partial charge >= 0.3 is 0 Å². The number of amides is 1. The molecule has 1 aromatic heterocycles. The highest BCUT2D eigenvalue weighted by Gasteiger charge is 2.09. The number of rotatable bonds is 5. The van der Waals surface area contributed by atoms with Crippen LogP contribution in [0.4, 0.5) is 5.13 Å². The van der Waals surface area contributed by atoms with Gasteiger partial charge in [0.15, 0.2) is 0 Å². The fourth-order valence-corrected chi connectivity index (χ4v) is 2.99. The fraction of sp³-hybridized carbons (Fsp3) is 0.167. The van der Waals surface area contributed by atoms with Gasteiger partial charge in [0.05, 0.1) is 6.42 Å². The summed E-state index contributed by atoms with van der Waals surface area (Å²) in [6, 6.07) is 18.0. The summed E-state index contributed by atoms with van der Waals surface area (Å²) in [5.74, 6) is -0.0729. The third kappa shape index (κ3) is 4.47. The SMILES string of the molecule is Cc1ccc(CC(=O)Nc2nnc(Cc3ccccc3)s2)cc1. The number of benzene rings is 2. The number of aromatic nitrogens is 2. The van der Waals surface area contributed by atoms with Crippen molar-refractivity contribution in [3.63, 3.8) is 0 Å². The number of anilines is 1. The Bertz CT molecular complexity index is 782. The Hall–Kier alpha value is -2.53. The van der Waals surface area contributed by atoms with E-state index in [4.69, 9.17) is 0 Å². The van der Waals surface area contributed by atoms with Crippen LogP contribution < -0.4 is 5.32 Å². The first kappa shape index (κ1) is 15.4. The van der Waals surface area contributed by atoms with E-state index in [0.717, 1.165) is 17.0 Å². The van der Waals surface area contributed by atoms with E-state index >= 15 is 0 Å². The molecule has 3 rings (SSSR count). The van der Waals surface area contributed by atoms with Crippen molar-refractivity contribution < 1.29 is 4.79 Å². The minimum absolute atomic E-state index is 0.0729. The Balaban J connectivity index is 1.58. The molecule has 5 heteroatoms. The molecule has 0 bridgehead atoms. The molecule has 0 fully saturated rings. The van der Waals surface area contributed by atoms with Gasteiger partial charge in [-0.25, -0.2) is 0 Å². The van der Waals surface area contributed by atoms with Crippen LogP contribution in [0.3, 0.4) is 0 Å². The number of nitrogens with one attached hydrogen (secondary N) is 1. The van der Waals surface area contributed by atoms with Crippen molar-refractivity contribution >= 4 is 22.4 Å². The van der Waals surface area contributed by atoms with Crippen molar-refractivity contribution in [3.8, 4) is 0 Å². The van der Waals surface area contributed by atoms with E-state index < -0.39 is 0 Å². The summed E-state index contributed by atoms with van der Waals surface area (Å²) < 4.78 is 0. The fourth-order valence-electron chi connectivity index (χ4n) is 2.20. The number of aryl methyl sites for hydroxylation is 1. The van der Waals surface area contributed by atoms with Crippen LogP contribution in [-0.4, -0.2) is 16.1 Å². The summed E-state index contributed by atoms with van der Waals surface area (Å²) in [5.41, 5.74) is 3.35. The topological polar surface area (TPSA) is 54.9 Å². The van der Waals surface area contributed by atoms with Crippen LogP contribution in [-0.2, 0) is 17.6 Å². The van der Waals surface area contributed by atoms with E-state index in [0.29, 0.717) is 11.6 Å². The number of nitrogens with zero attached hydrogens (tertiary/aromatic N) is 2. The molecule has 0 radical (unpaired) electrons. The largest absolute Gasteiger partial charge is 0.300 e. The molecular weight excluding hydrogens is 306 g/mol. The highest BCUT2D eigenvalue weighted by molar-refractivity contribution is 7.15. The quantitative estimate of drug-likeness (QED) is 0.780. The first-order valence-corrected chi connectivity index (χ1v) is 8.22. The van der Waals surface area contributed by atoms with Gasteiger partial charge in [0.2, 0.25) is 11.0 Å². The van der Waals surface area contributed by atoms with E-state index in [-0.39, 0.29) is 5.91 Å². The zero-order valence-electron chi connectivity index (χ0n) is 12.8. The van der Waals surface area contributed by atoms with Gasteiger partial charge in [-0.3, -0.25) is 4.79 Å². The maximum atomic E-state index is 12.1. The van der Waals surface area contributed by atoms with Gasteiger partial charge in [0.1, 0.15) is 5.01 Å². The van der Waals surface area contributed by atoms with E-state index in [1.165, 1.54) is 22.5 Å². The predicted octanol–water partition coefficient (Wildman–Crippen LogP) is 3.62. The average Bonchev–Trinajstić information content (AvgIpc) is 2.97. The van der Waals surface area contributed by atoms with E-state index in [9.17, 15) is 4.79 Å². The van der Waals surface area contributed by atoms with Crippen LogP contribution in [0.2, 0.25) is 0 Å². The van der Waals surface area contributed by atoms with Crippen molar-refractivity contribution in [2.75, 3.05) is 5.32 Å². The van der Waals surface area contributed by atoms with Crippen LogP contribution in [0, 0.1) is 6.92 Å². The third-order valence-corrected chi connectivity index (χ3v) is 4.24. The lowest BCUT2D eigenvalue weighted by molar-refractivity contribution is -0.115. The molecule has 1 heterocycles. The first-order chi connectivity index (χ1) is 11.2. The first-order valence-electron chi connectivity index (χ1n) is 7.41. The molecule has 1 N–H and O–H groups in total. The molecule has 0 spiro atoms. The van der Waals surface area contributed by atoms with Gasteiger partial charge < -0.3 is 5.32 Å². The molecular formula is C18H17N3OS. The summed E-state index contributed by atoms with van der Waals surface area (Å²) in [4.78, 5) is 12.1. The molecule has 0 saturated heterocycles. The van der Waals surface area contributed by atoms with Crippen molar-refractivity contribution in [2.24, 2.45) is 0 Å². The van der Waals surface area contributed by atoms with Gasteiger partial charge in [0.25, 0.3) is 0 Å². The van der Waals surface area contributed by atoms with Crippen molar-refractivity contribution in [2.45, 2.75) is 19.8 Å². The Labute approximate surface area is 139 Å². The summed E-state index contributed by atoms with van der Waals surface area (Å²) in [5, 5.41) is 12.4. The zero-order chi connectivity index (χ0) is 16.1. The lowest BCUT2D eigenvalue weighted by atomic mass is 10.1. The Morgan fingerprint density at radius 3 is 2.48 bits per heavy atom. The highest BCUT2D eigenvalue weighted by Crippen LogP contribution is 2.18. The maximum Gasteiger partial charge on any atom is 0.230 e. The van der Waals surface area contributed by atoms with Crippen LogP contribution in [0.25, 0.3) is 0 Å². The van der Waals surface area contributed by atoms with Gasteiger partial charge in [-0.1, -0.05) is 71.5 Å². The van der Waals surface area contributed by atoms with Gasteiger partial charge in [0, 0.05) is 6.42 Å². The number of hydrogen-bond acceptors (Lipinski definition) is 4. The van der Waals surface area contributed by atoms with Gasteiger partial charge in [-0.2, -0.15) is 0 Å². The molecule has 116 valence electrons. The molecule has 23 heavy (non-hydrogen) atoms. The molecule has 0 saturated carbocycles. The standard InChI is InChI=1S/C18H17N3OS/c1-13-7-9-15(10-8-13)11-16(22)19-18-21-20-17(23-18)12-14-5-3-2-4-6-14/h2-10H,11-12H2,1H3,(H,19,21,22). The molecule has 0 aliphatic carbocycles. The minimum atomic E-state index is -0.0729. The smallest absolute Gasteiger partial charge is 0.230 e. The van der Waals surface area contributed by atoms with E-state index in [1.807, 2.05) is 49.4 Å². The van der Waals surface area contributed by atoms with Crippen LogP contribution in [0.1, 0.15) is 21.7 Å². The number of carbonyl (C=O) groups is 1. The Morgan fingerprint density at radius 1 is 1.00 bits per heavy atom. The normalized spacial score (nSPS) is 10.5. The average molecular weight is 323 g/mol. The molecule has 1 amide bonds. The van der Waals surface area contributed by atoms with Gasteiger partial charge in [-0.15, -0.1) is 10.2 Å². The van der Waals surface area contributed by atoms with E-state index in [1.54, 1.807) is 0 Å². The molecule has 0 unspecified atom stereocenters. The van der Waals surface area contributed by atoms with Crippen molar-refractivity contribution in [1.29, 1.82) is 0 Å².